The molecule has 27 heavy (non-hydrogen) atoms. The molecule has 2 aromatic carbocycles. The van der Waals surface area contributed by atoms with Gasteiger partial charge in [0.05, 0.1) is 7.11 Å². The van der Waals surface area contributed by atoms with Crippen LogP contribution in [0.1, 0.15) is 20.3 Å². The molecule has 0 fully saturated rings. The quantitative estimate of drug-likeness (QED) is 0.678. The number of benzene rings is 2. The van der Waals surface area contributed by atoms with E-state index in [2.05, 4.69) is 20.8 Å². The van der Waals surface area contributed by atoms with Gasteiger partial charge in [-0.1, -0.05) is 18.1 Å². The zero-order valence-electron chi connectivity index (χ0n) is 15.5. The third-order valence-corrected chi connectivity index (χ3v) is 4.13. The highest BCUT2D eigenvalue weighted by Crippen LogP contribution is 2.25. The van der Waals surface area contributed by atoms with Gasteiger partial charge >= 0.3 is 6.03 Å². The number of nitrogens with zero attached hydrogens (tertiary/aromatic N) is 2. The first-order valence-corrected chi connectivity index (χ1v) is 8.75. The van der Waals surface area contributed by atoms with Crippen molar-refractivity contribution in [3.8, 4) is 28.6 Å². The summed E-state index contributed by atoms with van der Waals surface area (Å²) in [5, 5.41) is 9.69. The smallest absolute Gasteiger partial charge is 0.319 e. The Hall–Kier alpha value is -3.35. The number of ether oxygens (including phenoxy) is 1. The lowest BCUT2D eigenvalue weighted by atomic mass is 10.2. The zero-order chi connectivity index (χ0) is 19.2. The summed E-state index contributed by atoms with van der Waals surface area (Å²) in [6.45, 7) is 3.98. The van der Waals surface area contributed by atoms with Gasteiger partial charge in [-0.2, -0.15) is 4.98 Å². The summed E-state index contributed by atoms with van der Waals surface area (Å²) >= 11 is 0. The molecule has 7 heteroatoms. The highest BCUT2D eigenvalue weighted by molar-refractivity contribution is 5.89. The predicted octanol–water partition coefficient (Wildman–Crippen LogP) is 4.33. The molecule has 0 radical (unpaired) electrons. The van der Waals surface area contributed by atoms with Crippen molar-refractivity contribution in [3.05, 3.63) is 48.5 Å². The Morgan fingerprint density at radius 2 is 1.96 bits per heavy atom. The Morgan fingerprint density at radius 1 is 1.19 bits per heavy atom. The number of carbonyl (C=O) groups is 1. The third kappa shape index (κ3) is 4.63. The van der Waals surface area contributed by atoms with Gasteiger partial charge < -0.3 is 19.9 Å². The molecular formula is C20H22N4O3. The lowest BCUT2D eigenvalue weighted by molar-refractivity contribution is 0.249. The lowest BCUT2D eigenvalue weighted by Gasteiger charge is -2.12. The number of hydrogen-bond acceptors (Lipinski definition) is 5. The van der Waals surface area contributed by atoms with Crippen LogP contribution >= 0.6 is 0 Å². The third-order valence-electron chi connectivity index (χ3n) is 4.13. The molecule has 0 aliphatic carbocycles. The average molecular weight is 366 g/mol. The highest BCUT2D eigenvalue weighted by Gasteiger charge is 2.12. The van der Waals surface area contributed by atoms with Crippen LogP contribution in [-0.2, 0) is 0 Å². The maximum absolute atomic E-state index is 11.9. The van der Waals surface area contributed by atoms with Crippen LogP contribution in [0.5, 0.6) is 5.75 Å². The summed E-state index contributed by atoms with van der Waals surface area (Å²) in [5.74, 6) is 1.61. The summed E-state index contributed by atoms with van der Waals surface area (Å²) < 4.78 is 10.6. The predicted molar refractivity (Wildman–Crippen MR) is 104 cm³/mol. The second kappa shape index (κ2) is 8.35. The van der Waals surface area contributed by atoms with Crippen molar-refractivity contribution in [1.29, 1.82) is 0 Å². The Bertz CT molecular complexity index is 906. The van der Waals surface area contributed by atoms with Crippen molar-refractivity contribution < 1.29 is 14.1 Å². The summed E-state index contributed by atoms with van der Waals surface area (Å²) in [6.07, 6.45) is 0.875. The van der Waals surface area contributed by atoms with E-state index in [1.54, 1.807) is 19.2 Å². The Balaban J connectivity index is 1.70. The number of anilines is 1. The van der Waals surface area contributed by atoms with Gasteiger partial charge in [0.1, 0.15) is 5.75 Å². The number of rotatable bonds is 6. The molecular weight excluding hydrogens is 344 g/mol. The van der Waals surface area contributed by atoms with E-state index in [0.29, 0.717) is 17.4 Å². The minimum absolute atomic E-state index is 0.124. The second-order valence-electron chi connectivity index (χ2n) is 6.14. The Labute approximate surface area is 157 Å². The van der Waals surface area contributed by atoms with Crippen LogP contribution in [0.4, 0.5) is 10.5 Å². The molecule has 0 aliphatic rings. The molecule has 0 spiro atoms. The van der Waals surface area contributed by atoms with E-state index in [1.807, 2.05) is 50.2 Å². The highest BCUT2D eigenvalue weighted by atomic mass is 16.5. The maximum atomic E-state index is 11.9. The van der Waals surface area contributed by atoms with Gasteiger partial charge in [0.25, 0.3) is 5.89 Å². The van der Waals surface area contributed by atoms with Crippen molar-refractivity contribution >= 4 is 11.7 Å². The van der Waals surface area contributed by atoms with E-state index < -0.39 is 0 Å². The molecule has 0 saturated carbocycles. The monoisotopic (exact) mass is 366 g/mol. The molecule has 0 bridgehead atoms. The molecule has 0 unspecified atom stereocenters. The number of methoxy groups -OCH3 is 1. The fraction of sp³-hybridized carbons (Fsp3) is 0.250. The zero-order valence-corrected chi connectivity index (χ0v) is 15.5. The van der Waals surface area contributed by atoms with Crippen LogP contribution < -0.4 is 15.4 Å². The van der Waals surface area contributed by atoms with Crippen LogP contribution in [0, 0.1) is 0 Å². The largest absolute Gasteiger partial charge is 0.497 e. The molecule has 140 valence electrons. The van der Waals surface area contributed by atoms with E-state index >= 15 is 0 Å². The normalized spacial score (nSPS) is 11.7. The number of aromatic nitrogens is 2. The first-order chi connectivity index (χ1) is 13.1. The van der Waals surface area contributed by atoms with Crippen LogP contribution in [0.25, 0.3) is 22.8 Å². The van der Waals surface area contributed by atoms with Gasteiger partial charge in [-0.25, -0.2) is 4.79 Å². The first-order valence-electron chi connectivity index (χ1n) is 8.75. The minimum atomic E-state index is -0.225. The van der Waals surface area contributed by atoms with Gasteiger partial charge in [0, 0.05) is 22.9 Å². The van der Waals surface area contributed by atoms with E-state index in [4.69, 9.17) is 9.26 Å². The molecule has 3 aromatic rings. The number of carbonyl (C=O) groups excluding carboxylic acids is 1. The average Bonchev–Trinajstić information content (AvgIpc) is 3.18. The molecule has 3 rings (SSSR count). The van der Waals surface area contributed by atoms with Gasteiger partial charge in [0.15, 0.2) is 0 Å². The van der Waals surface area contributed by atoms with Crippen LogP contribution in [0.3, 0.4) is 0 Å². The number of nitrogens with one attached hydrogen (secondary N) is 2. The van der Waals surface area contributed by atoms with E-state index in [0.717, 1.165) is 23.3 Å². The SMILES string of the molecule is CC[C@@H](C)NC(=O)Nc1ccc(-c2noc(-c3cccc(OC)c3)n2)cc1. The molecule has 7 nitrogen and oxygen atoms in total. The molecule has 2 amide bonds. The molecule has 1 heterocycles. The van der Waals surface area contributed by atoms with Gasteiger partial charge in [-0.15, -0.1) is 0 Å². The number of amides is 2. The standard InChI is InChI=1S/C20H22N4O3/c1-4-13(2)21-20(25)22-16-10-8-14(9-11-16)18-23-19(27-24-18)15-6-5-7-17(12-15)26-3/h5-13H,4H2,1-3H3,(H2,21,22,25)/t13-/m1/s1. The van der Waals surface area contributed by atoms with Crippen molar-refractivity contribution in [2.24, 2.45) is 0 Å². The Kier molecular flexibility index (Phi) is 5.71. The fourth-order valence-corrected chi connectivity index (χ4v) is 2.41. The summed E-state index contributed by atoms with van der Waals surface area (Å²) in [6, 6.07) is 14.6. The summed E-state index contributed by atoms with van der Waals surface area (Å²) in [7, 11) is 1.61. The lowest BCUT2D eigenvalue weighted by Crippen LogP contribution is -2.35. The van der Waals surface area contributed by atoms with Crippen LogP contribution in [0.2, 0.25) is 0 Å². The van der Waals surface area contributed by atoms with Crippen molar-refractivity contribution in [1.82, 2.24) is 15.5 Å². The molecule has 0 aliphatic heterocycles. The van der Waals surface area contributed by atoms with E-state index in [-0.39, 0.29) is 12.1 Å². The van der Waals surface area contributed by atoms with Crippen LogP contribution in [-0.4, -0.2) is 29.3 Å². The van der Waals surface area contributed by atoms with Gasteiger partial charge in [-0.05, 0) is 55.8 Å². The van der Waals surface area contributed by atoms with E-state index in [1.165, 1.54) is 0 Å². The Morgan fingerprint density at radius 3 is 2.67 bits per heavy atom. The van der Waals surface area contributed by atoms with E-state index in [9.17, 15) is 4.79 Å². The molecule has 1 atom stereocenters. The van der Waals surface area contributed by atoms with Crippen molar-refractivity contribution in [2.75, 3.05) is 12.4 Å². The van der Waals surface area contributed by atoms with Gasteiger partial charge in [-0.3, -0.25) is 0 Å². The molecule has 1 aromatic heterocycles. The number of urea groups is 1. The van der Waals surface area contributed by atoms with Gasteiger partial charge in [0.2, 0.25) is 5.82 Å². The molecule has 2 N–H and O–H groups in total. The molecule has 0 saturated heterocycles. The minimum Gasteiger partial charge on any atom is -0.497 e. The maximum Gasteiger partial charge on any atom is 0.319 e. The topological polar surface area (TPSA) is 89.3 Å². The van der Waals surface area contributed by atoms with Crippen LogP contribution in [0.15, 0.2) is 53.1 Å². The van der Waals surface area contributed by atoms with Crippen molar-refractivity contribution in [3.63, 3.8) is 0 Å². The fourth-order valence-electron chi connectivity index (χ4n) is 2.41. The number of hydrogen-bond donors (Lipinski definition) is 2. The van der Waals surface area contributed by atoms with Crippen molar-refractivity contribution in [2.45, 2.75) is 26.3 Å². The second-order valence-corrected chi connectivity index (χ2v) is 6.14. The summed E-state index contributed by atoms with van der Waals surface area (Å²) in [5.41, 5.74) is 2.27. The summed E-state index contributed by atoms with van der Waals surface area (Å²) in [4.78, 5) is 16.3. The first kappa shape index (κ1) is 18.4.